The predicted octanol–water partition coefficient (Wildman–Crippen LogP) is 5.83. The van der Waals surface area contributed by atoms with E-state index in [-0.39, 0.29) is 22.9 Å². The van der Waals surface area contributed by atoms with Gasteiger partial charge in [-0.05, 0) is 55.0 Å². The van der Waals surface area contributed by atoms with Gasteiger partial charge in [0.25, 0.3) is 0 Å². The van der Waals surface area contributed by atoms with Crippen molar-refractivity contribution in [2.75, 3.05) is 12.4 Å². The number of carbonyl (C=O) groups excluding carboxylic acids is 2. The van der Waals surface area contributed by atoms with E-state index >= 15 is 0 Å². The van der Waals surface area contributed by atoms with Crippen LogP contribution >= 0.6 is 7.26 Å². The molecule has 0 heterocycles. The minimum Gasteiger partial charge on any atom is -1.00 e. The lowest BCUT2D eigenvalue weighted by atomic mass is 10.1. The molecule has 0 radical (unpaired) electrons. The fourth-order valence-corrected chi connectivity index (χ4v) is 10.2. The average molecular weight is 689 g/mol. The van der Waals surface area contributed by atoms with Crippen LogP contribution < -0.4 is 38.2 Å². The molecule has 6 heteroatoms. The molecular weight excluding hydrogens is 641 g/mol. The lowest BCUT2D eigenvalue weighted by molar-refractivity contribution is -0.116. The molecule has 1 amide bonds. The number of unbranched alkanes of at least 4 members (excludes halogenated alkanes) is 8. The van der Waals surface area contributed by atoms with Gasteiger partial charge >= 0.3 is 5.97 Å². The second-order valence-corrected chi connectivity index (χ2v) is 14.9. The van der Waals surface area contributed by atoms with Gasteiger partial charge < -0.3 is 27.0 Å². The number of ether oxygens (including phenoxy) is 1. The first-order valence-corrected chi connectivity index (χ1v) is 18.1. The highest BCUT2D eigenvalue weighted by molar-refractivity contribution is 7.95. The Labute approximate surface area is 281 Å². The maximum Gasteiger partial charge on any atom is 0.337 e. The van der Waals surface area contributed by atoms with Gasteiger partial charge in [0.2, 0.25) is 5.91 Å². The van der Waals surface area contributed by atoms with Crippen LogP contribution in [0.25, 0.3) is 0 Å². The molecule has 0 saturated heterocycles. The number of amides is 1. The summed E-state index contributed by atoms with van der Waals surface area (Å²) >= 11 is 0. The molecule has 0 saturated carbocycles. The molecule has 45 heavy (non-hydrogen) atoms. The quantitative estimate of drug-likeness (QED) is 0.0864. The molecule has 4 rings (SSSR count). The van der Waals surface area contributed by atoms with E-state index in [4.69, 9.17) is 4.74 Å². The van der Waals surface area contributed by atoms with E-state index in [0.717, 1.165) is 18.4 Å². The smallest absolute Gasteiger partial charge is 0.337 e. The Morgan fingerprint density at radius 2 is 1.11 bits per heavy atom. The SMILES string of the molecule is CCCCCCCCCCCC(=O)Nc1cc(C(=O)OC)ccc1C[P+](c1ccccc1)(c1ccccc1)c1ccccc1.[Br-]. The van der Waals surface area contributed by atoms with Gasteiger partial charge in [-0.2, -0.15) is 0 Å². The summed E-state index contributed by atoms with van der Waals surface area (Å²) in [5.41, 5.74) is 2.11. The van der Waals surface area contributed by atoms with Crippen molar-refractivity contribution in [1.29, 1.82) is 0 Å². The highest BCUT2D eigenvalue weighted by atomic mass is 79.9. The van der Waals surface area contributed by atoms with Crippen LogP contribution in [0, 0.1) is 0 Å². The fraction of sp³-hybridized carbons (Fsp3) is 0.333. The summed E-state index contributed by atoms with van der Waals surface area (Å²) in [7, 11) is -0.819. The number of benzene rings is 4. The van der Waals surface area contributed by atoms with E-state index in [1.807, 2.05) is 12.1 Å². The summed E-state index contributed by atoms with van der Waals surface area (Å²) < 4.78 is 5.03. The van der Waals surface area contributed by atoms with E-state index in [2.05, 4.69) is 103 Å². The molecule has 1 N–H and O–H groups in total. The maximum atomic E-state index is 13.3. The molecule has 4 aromatic rings. The van der Waals surface area contributed by atoms with Gasteiger partial charge in [0.05, 0.1) is 12.7 Å². The Kier molecular flexibility index (Phi) is 15.5. The highest BCUT2D eigenvalue weighted by Crippen LogP contribution is 2.58. The maximum absolute atomic E-state index is 13.3. The minimum absolute atomic E-state index is 0. The van der Waals surface area contributed by atoms with Gasteiger partial charge in [-0.1, -0.05) is 119 Å². The molecule has 0 aliphatic heterocycles. The van der Waals surface area contributed by atoms with Crippen molar-refractivity contribution >= 4 is 40.7 Å². The van der Waals surface area contributed by atoms with Crippen LogP contribution in [-0.4, -0.2) is 19.0 Å². The second kappa shape index (κ2) is 19.3. The largest absolute Gasteiger partial charge is 1.00 e. The highest BCUT2D eigenvalue weighted by Gasteiger charge is 2.46. The predicted molar refractivity (Wildman–Crippen MR) is 187 cm³/mol. The first-order chi connectivity index (χ1) is 21.6. The van der Waals surface area contributed by atoms with E-state index in [9.17, 15) is 9.59 Å². The van der Waals surface area contributed by atoms with Gasteiger partial charge in [-0.3, -0.25) is 4.79 Å². The van der Waals surface area contributed by atoms with Gasteiger partial charge in [0.1, 0.15) is 29.3 Å². The van der Waals surface area contributed by atoms with Crippen molar-refractivity contribution in [1.82, 2.24) is 0 Å². The summed E-state index contributed by atoms with van der Waals surface area (Å²) in [6.07, 6.45) is 12.0. The van der Waals surface area contributed by atoms with Gasteiger partial charge in [0, 0.05) is 17.7 Å². The zero-order valence-corrected chi connectivity index (χ0v) is 29.2. The fourth-order valence-electron chi connectivity index (χ4n) is 5.91. The summed E-state index contributed by atoms with van der Waals surface area (Å²) in [4.78, 5) is 25.8. The Hall–Kier alpha value is -3.27. The molecule has 4 nitrogen and oxygen atoms in total. The molecule has 238 valence electrons. The minimum atomic E-state index is -2.20. The van der Waals surface area contributed by atoms with Crippen molar-refractivity contribution in [2.24, 2.45) is 0 Å². The molecular formula is C39H47BrNO3P. The van der Waals surface area contributed by atoms with Crippen molar-refractivity contribution in [3.63, 3.8) is 0 Å². The van der Waals surface area contributed by atoms with Gasteiger partial charge in [0.15, 0.2) is 0 Å². The number of nitrogens with one attached hydrogen (secondary N) is 1. The zero-order chi connectivity index (χ0) is 31.0. The third-order valence-electron chi connectivity index (χ3n) is 8.31. The number of carbonyl (C=O) groups is 2. The summed E-state index contributed by atoms with van der Waals surface area (Å²) in [5.74, 6) is -0.430. The lowest BCUT2D eigenvalue weighted by Crippen LogP contribution is -3.00. The molecule has 0 aliphatic carbocycles. The van der Waals surface area contributed by atoms with Gasteiger partial charge in [-0.25, -0.2) is 4.79 Å². The topological polar surface area (TPSA) is 55.4 Å². The monoisotopic (exact) mass is 687 g/mol. The van der Waals surface area contributed by atoms with E-state index in [0.29, 0.717) is 23.8 Å². The summed E-state index contributed by atoms with van der Waals surface area (Å²) in [5, 5.41) is 7.00. The number of hydrogen-bond donors (Lipinski definition) is 1. The number of esters is 1. The molecule has 0 aliphatic rings. The van der Waals surface area contributed by atoms with Crippen LogP contribution in [0.1, 0.15) is 87.1 Å². The standard InChI is InChI=1S/C39H46NO3P.BrH/c1-3-4-5-6-7-8-9-10-20-27-38(41)40-37-30-32(39(42)43-2)28-29-33(37)31-44(34-21-14-11-15-22-34,35-23-16-12-17-24-35)36-25-18-13-19-26-36;/h11-19,21-26,28-30H,3-10,20,27,31H2,1-2H3;1H. The number of rotatable bonds is 17. The third-order valence-corrected chi connectivity index (χ3v) is 12.7. The summed E-state index contributed by atoms with van der Waals surface area (Å²) in [6.45, 7) is 2.24. The lowest BCUT2D eigenvalue weighted by Gasteiger charge is -2.28. The van der Waals surface area contributed by atoms with E-state index < -0.39 is 13.2 Å². The first kappa shape index (κ1) is 36.2. The van der Waals surface area contributed by atoms with Crippen molar-refractivity contribution in [2.45, 2.75) is 77.3 Å². The number of anilines is 1. The van der Waals surface area contributed by atoms with Crippen LogP contribution in [0.4, 0.5) is 5.69 Å². The van der Waals surface area contributed by atoms with Crippen LogP contribution in [-0.2, 0) is 15.7 Å². The Bertz CT molecular complexity index is 1350. The molecule has 0 spiro atoms. The molecule has 4 aromatic carbocycles. The Morgan fingerprint density at radius 1 is 0.644 bits per heavy atom. The second-order valence-electron chi connectivity index (χ2n) is 11.5. The van der Waals surface area contributed by atoms with Crippen LogP contribution in [0.3, 0.4) is 0 Å². The molecule has 0 atom stereocenters. The first-order valence-electron chi connectivity index (χ1n) is 16.1. The summed E-state index contributed by atoms with van der Waals surface area (Å²) in [6, 6.07) is 37.7. The van der Waals surface area contributed by atoms with E-state index in [1.54, 1.807) is 6.07 Å². The van der Waals surface area contributed by atoms with Crippen molar-refractivity contribution < 1.29 is 31.3 Å². The average Bonchev–Trinajstić information content (AvgIpc) is 3.08. The molecule has 0 aromatic heterocycles. The Balaban J connectivity index is 0.00000552. The number of hydrogen-bond acceptors (Lipinski definition) is 3. The van der Waals surface area contributed by atoms with Crippen LogP contribution in [0.2, 0.25) is 0 Å². The van der Waals surface area contributed by atoms with Crippen LogP contribution in [0.5, 0.6) is 0 Å². The van der Waals surface area contributed by atoms with Gasteiger partial charge in [-0.15, -0.1) is 0 Å². The zero-order valence-electron chi connectivity index (χ0n) is 26.7. The van der Waals surface area contributed by atoms with Crippen LogP contribution in [0.15, 0.2) is 109 Å². The third kappa shape index (κ3) is 10.1. The van der Waals surface area contributed by atoms with E-state index in [1.165, 1.54) is 68.0 Å². The normalized spacial score (nSPS) is 11.0. The molecule has 0 fully saturated rings. The number of methoxy groups -OCH3 is 1. The van der Waals surface area contributed by atoms with Crippen molar-refractivity contribution in [3.05, 3.63) is 120 Å². The molecule has 0 bridgehead atoms. The Morgan fingerprint density at radius 3 is 1.58 bits per heavy atom. The number of halogens is 1. The van der Waals surface area contributed by atoms with Crippen molar-refractivity contribution in [3.8, 4) is 0 Å². The molecule has 0 unspecified atom stereocenters.